The lowest BCUT2D eigenvalue weighted by Crippen LogP contribution is -2.31. The maximum atomic E-state index is 13.1. The van der Waals surface area contributed by atoms with Crippen molar-refractivity contribution < 1.29 is 14.7 Å². The zero-order valence-corrected chi connectivity index (χ0v) is 16.4. The molecule has 1 amide bonds. The lowest BCUT2D eigenvalue weighted by Gasteiger charge is -2.28. The number of hydrogen-bond acceptors (Lipinski definition) is 5. The number of carbonyl (C=O) groups is 2. The van der Waals surface area contributed by atoms with E-state index in [9.17, 15) is 14.7 Å². The normalized spacial score (nSPS) is 16.7. The van der Waals surface area contributed by atoms with Crippen LogP contribution in [0.1, 0.15) is 26.8 Å². The van der Waals surface area contributed by atoms with Gasteiger partial charge in [0.05, 0.1) is 16.5 Å². The SMILES string of the molecule is Cc1ccc(Cl)cc1N1C(=O)C(O)=C(C(=O)c2cccs2)C1c1cccnc1. The molecule has 1 N–H and O–H groups in total. The summed E-state index contributed by atoms with van der Waals surface area (Å²) in [5.41, 5.74) is 2.00. The number of Topliss-reactive ketones (excluding diaryl/α,β-unsaturated/α-hetero) is 1. The molecule has 0 spiro atoms. The molecule has 3 heterocycles. The summed E-state index contributed by atoms with van der Waals surface area (Å²) in [6.45, 7) is 1.84. The summed E-state index contributed by atoms with van der Waals surface area (Å²) in [6.07, 6.45) is 3.20. The van der Waals surface area contributed by atoms with Crippen LogP contribution in [0.2, 0.25) is 5.02 Å². The molecule has 28 heavy (non-hydrogen) atoms. The van der Waals surface area contributed by atoms with Crippen LogP contribution in [0.5, 0.6) is 0 Å². The zero-order valence-electron chi connectivity index (χ0n) is 14.8. The van der Waals surface area contributed by atoms with Crippen LogP contribution in [0.3, 0.4) is 0 Å². The second-order valence-electron chi connectivity index (χ2n) is 6.36. The first kappa shape index (κ1) is 18.4. The number of halogens is 1. The average molecular weight is 411 g/mol. The van der Waals surface area contributed by atoms with Gasteiger partial charge in [0.15, 0.2) is 5.76 Å². The molecule has 1 aromatic carbocycles. The number of aromatic nitrogens is 1. The minimum atomic E-state index is -0.798. The summed E-state index contributed by atoms with van der Waals surface area (Å²) in [6, 6.07) is 11.3. The minimum absolute atomic E-state index is 0.0415. The second-order valence-corrected chi connectivity index (χ2v) is 7.75. The van der Waals surface area contributed by atoms with Crippen molar-refractivity contribution in [1.82, 2.24) is 4.98 Å². The Hall–Kier alpha value is -2.96. The number of thiophene rings is 1. The van der Waals surface area contributed by atoms with Crippen molar-refractivity contribution in [3.05, 3.63) is 92.6 Å². The number of anilines is 1. The van der Waals surface area contributed by atoms with E-state index in [0.29, 0.717) is 21.2 Å². The number of hydrogen-bond donors (Lipinski definition) is 1. The van der Waals surface area contributed by atoms with Crippen molar-refractivity contribution >= 4 is 40.3 Å². The Balaban J connectivity index is 1.92. The summed E-state index contributed by atoms with van der Waals surface area (Å²) in [5, 5.41) is 12.9. The van der Waals surface area contributed by atoms with Gasteiger partial charge in [-0.3, -0.25) is 19.5 Å². The molecule has 0 saturated carbocycles. The smallest absolute Gasteiger partial charge is 0.294 e. The Kier molecular flexibility index (Phi) is 4.75. The molecule has 7 heteroatoms. The van der Waals surface area contributed by atoms with Crippen LogP contribution in [-0.2, 0) is 4.79 Å². The number of aryl methyl sites for hydroxylation is 1. The molecule has 4 rings (SSSR count). The van der Waals surface area contributed by atoms with E-state index in [1.165, 1.54) is 16.2 Å². The summed E-state index contributed by atoms with van der Waals surface area (Å²) >= 11 is 7.42. The minimum Gasteiger partial charge on any atom is -0.503 e. The van der Waals surface area contributed by atoms with Gasteiger partial charge in [0.25, 0.3) is 5.91 Å². The first-order chi connectivity index (χ1) is 13.5. The van der Waals surface area contributed by atoms with Crippen molar-refractivity contribution in [2.75, 3.05) is 4.90 Å². The molecule has 1 aliphatic rings. The van der Waals surface area contributed by atoms with Crippen LogP contribution in [-0.4, -0.2) is 21.8 Å². The highest BCUT2D eigenvalue weighted by atomic mass is 35.5. The Bertz CT molecular complexity index is 1090. The molecular formula is C21H15ClN2O3S. The predicted molar refractivity (Wildman–Crippen MR) is 109 cm³/mol. The number of carbonyl (C=O) groups excluding carboxylic acids is 2. The lowest BCUT2D eigenvalue weighted by atomic mass is 9.96. The van der Waals surface area contributed by atoms with Gasteiger partial charge in [-0.25, -0.2) is 0 Å². The van der Waals surface area contributed by atoms with Crippen LogP contribution in [0, 0.1) is 6.92 Å². The quantitative estimate of drug-likeness (QED) is 0.622. The van der Waals surface area contributed by atoms with Crippen LogP contribution in [0.25, 0.3) is 0 Å². The van der Waals surface area contributed by atoms with Gasteiger partial charge in [-0.2, -0.15) is 0 Å². The molecule has 0 bridgehead atoms. The first-order valence-electron chi connectivity index (χ1n) is 8.50. The van der Waals surface area contributed by atoms with Gasteiger partial charge in [-0.1, -0.05) is 29.8 Å². The highest BCUT2D eigenvalue weighted by Gasteiger charge is 2.45. The van der Waals surface area contributed by atoms with Gasteiger partial charge in [0.1, 0.15) is 0 Å². The van der Waals surface area contributed by atoms with Crippen LogP contribution < -0.4 is 4.90 Å². The molecule has 0 radical (unpaired) electrons. The zero-order chi connectivity index (χ0) is 19.8. The molecule has 1 atom stereocenters. The highest BCUT2D eigenvalue weighted by molar-refractivity contribution is 7.12. The molecule has 0 aliphatic carbocycles. The fraction of sp³-hybridized carbons (Fsp3) is 0.0952. The fourth-order valence-electron chi connectivity index (χ4n) is 3.32. The molecule has 0 fully saturated rings. The number of benzene rings is 1. The van der Waals surface area contributed by atoms with Gasteiger partial charge in [0.2, 0.25) is 5.78 Å². The fourth-order valence-corrected chi connectivity index (χ4v) is 4.17. The lowest BCUT2D eigenvalue weighted by molar-refractivity contribution is -0.117. The topological polar surface area (TPSA) is 70.5 Å². The van der Waals surface area contributed by atoms with Gasteiger partial charge in [0, 0.05) is 23.1 Å². The van der Waals surface area contributed by atoms with Crippen molar-refractivity contribution in [2.45, 2.75) is 13.0 Å². The maximum absolute atomic E-state index is 13.1. The molecule has 1 aliphatic heterocycles. The summed E-state index contributed by atoms with van der Waals surface area (Å²) in [5.74, 6) is -1.57. The number of pyridine rings is 1. The molecule has 140 valence electrons. The standard InChI is InChI=1S/C21H15ClN2O3S/c1-12-6-7-14(22)10-15(12)24-18(13-4-2-8-23-11-13)17(20(26)21(24)27)19(25)16-5-3-9-28-16/h2-11,18,26H,1H3. The number of nitrogens with zero attached hydrogens (tertiary/aromatic N) is 2. The van der Waals surface area contributed by atoms with Crippen LogP contribution in [0.4, 0.5) is 5.69 Å². The van der Waals surface area contributed by atoms with Crippen molar-refractivity contribution in [3.8, 4) is 0 Å². The third-order valence-corrected chi connectivity index (χ3v) is 5.73. The molecular weight excluding hydrogens is 396 g/mol. The first-order valence-corrected chi connectivity index (χ1v) is 9.75. The van der Waals surface area contributed by atoms with Crippen LogP contribution >= 0.6 is 22.9 Å². The number of amides is 1. The van der Waals surface area contributed by atoms with E-state index in [4.69, 9.17) is 11.6 Å². The summed E-state index contributed by atoms with van der Waals surface area (Å²) in [4.78, 5) is 32.2. The van der Waals surface area contributed by atoms with E-state index >= 15 is 0 Å². The monoisotopic (exact) mass is 410 g/mol. The Morgan fingerprint density at radius 1 is 1.25 bits per heavy atom. The van der Waals surface area contributed by atoms with E-state index in [2.05, 4.69) is 4.98 Å². The Morgan fingerprint density at radius 3 is 2.75 bits per heavy atom. The third-order valence-electron chi connectivity index (χ3n) is 4.63. The molecule has 0 saturated heterocycles. The average Bonchev–Trinajstić information content (AvgIpc) is 3.32. The van der Waals surface area contributed by atoms with Gasteiger partial charge in [-0.05, 0) is 47.7 Å². The third kappa shape index (κ3) is 3.00. The second kappa shape index (κ2) is 7.22. The van der Waals surface area contributed by atoms with E-state index in [-0.39, 0.29) is 11.4 Å². The van der Waals surface area contributed by atoms with Crippen molar-refractivity contribution in [1.29, 1.82) is 0 Å². The van der Waals surface area contributed by atoms with E-state index in [0.717, 1.165) is 5.56 Å². The maximum Gasteiger partial charge on any atom is 0.294 e. The van der Waals surface area contributed by atoms with E-state index in [1.54, 1.807) is 60.2 Å². The van der Waals surface area contributed by atoms with Crippen molar-refractivity contribution in [3.63, 3.8) is 0 Å². The number of rotatable bonds is 4. The molecule has 1 unspecified atom stereocenters. The van der Waals surface area contributed by atoms with Crippen LogP contribution in [0.15, 0.2) is 71.6 Å². The van der Waals surface area contributed by atoms with Crippen molar-refractivity contribution in [2.24, 2.45) is 0 Å². The molecule has 2 aromatic heterocycles. The predicted octanol–water partition coefficient (Wildman–Crippen LogP) is 4.89. The Morgan fingerprint density at radius 2 is 2.07 bits per heavy atom. The number of ketones is 1. The summed E-state index contributed by atoms with van der Waals surface area (Å²) < 4.78 is 0. The molecule has 5 nitrogen and oxygen atoms in total. The molecule has 3 aromatic rings. The van der Waals surface area contributed by atoms with Gasteiger partial charge >= 0.3 is 0 Å². The van der Waals surface area contributed by atoms with Gasteiger partial charge in [-0.15, -0.1) is 11.3 Å². The Labute approximate surface area is 170 Å². The van der Waals surface area contributed by atoms with E-state index < -0.39 is 17.7 Å². The number of aliphatic hydroxyl groups excluding tert-OH is 1. The number of aliphatic hydroxyl groups is 1. The summed E-state index contributed by atoms with van der Waals surface area (Å²) in [7, 11) is 0. The van der Waals surface area contributed by atoms with E-state index in [1.807, 2.05) is 6.92 Å². The van der Waals surface area contributed by atoms with Gasteiger partial charge < -0.3 is 5.11 Å². The highest BCUT2D eigenvalue weighted by Crippen LogP contribution is 2.43. The largest absolute Gasteiger partial charge is 0.503 e.